The van der Waals surface area contributed by atoms with Crippen molar-refractivity contribution in [1.29, 1.82) is 0 Å². The fourth-order valence-electron chi connectivity index (χ4n) is 10.7. The summed E-state index contributed by atoms with van der Waals surface area (Å²) in [7, 11) is 0. The zero-order valence-corrected chi connectivity index (χ0v) is 44.3. The van der Waals surface area contributed by atoms with E-state index in [1.54, 1.807) is 0 Å². The Morgan fingerprint density at radius 3 is 2.08 bits per heavy atom. The monoisotopic (exact) mass is 887 g/mol. The summed E-state index contributed by atoms with van der Waals surface area (Å²) in [4.78, 5) is 2.53. The Bertz CT molecular complexity index is 2540. The summed E-state index contributed by atoms with van der Waals surface area (Å²) >= 11 is 0. The number of fused-ring (bicyclic) bond motifs is 3. The molecule has 0 saturated heterocycles. The van der Waals surface area contributed by atoms with Gasteiger partial charge in [0.1, 0.15) is 17.4 Å². The smallest absolute Gasteiger partial charge is 0.289 e. The van der Waals surface area contributed by atoms with Crippen LogP contribution < -0.4 is 15.7 Å². The molecule has 66 heavy (non-hydrogen) atoms. The van der Waals surface area contributed by atoms with E-state index in [4.69, 9.17) is 15.7 Å². The quantitative estimate of drug-likeness (QED) is 0.163. The Morgan fingerprint density at radius 1 is 0.894 bits per heavy atom. The molecule has 5 heteroatoms. The average molecular weight is 887 g/mol. The number of nitrogens with one attached hydrogen (secondary N) is 1. The van der Waals surface area contributed by atoms with Gasteiger partial charge in [-0.05, 0) is 143 Å². The van der Waals surface area contributed by atoms with E-state index in [-0.39, 0.29) is 45.9 Å². The first-order valence-corrected chi connectivity index (χ1v) is 25.0. The molecule has 0 amide bonds. The maximum atomic E-state index is 7.35. The second kappa shape index (κ2) is 17.5. The summed E-state index contributed by atoms with van der Waals surface area (Å²) in [6, 6.07) is 15.2. The number of ether oxygens (including phenoxy) is 1. The van der Waals surface area contributed by atoms with Crippen molar-refractivity contribution in [1.82, 2.24) is 10.2 Å². The molecule has 4 aliphatic rings. The summed E-state index contributed by atoms with van der Waals surface area (Å²) in [5.41, 5.74) is 15.5. The molecule has 7 rings (SSSR count). The van der Waals surface area contributed by atoms with Crippen LogP contribution in [0.25, 0.3) is 16.5 Å². The Labute approximate surface area is 401 Å². The molecule has 4 nitrogen and oxygen atoms in total. The number of furan rings is 1. The minimum atomic E-state index is -0.346. The van der Waals surface area contributed by atoms with E-state index >= 15 is 0 Å². The van der Waals surface area contributed by atoms with Crippen LogP contribution in [0.4, 0.5) is 0 Å². The van der Waals surface area contributed by atoms with Gasteiger partial charge in [-0.25, -0.2) is 0 Å². The van der Waals surface area contributed by atoms with Gasteiger partial charge in [-0.2, -0.15) is 0 Å². The predicted octanol–water partition coefficient (Wildman–Crippen LogP) is 15.4. The van der Waals surface area contributed by atoms with E-state index in [0.717, 1.165) is 52.4 Å². The van der Waals surface area contributed by atoms with E-state index in [9.17, 15) is 0 Å². The van der Waals surface area contributed by atoms with Gasteiger partial charge in [-0.1, -0.05) is 164 Å². The highest BCUT2D eigenvalue weighted by molar-refractivity contribution is 6.86. The summed E-state index contributed by atoms with van der Waals surface area (Å²) in [6.07, 6.45) is 16.3. The number of hydrogen-bond donors (Lipinski definition) is 1. The topological polar surface area (TPSA) is 37.6 Å². The molecule has 2 aliphatic heterocycles. The van der Waals surface area contributed by atoms with Crippen molar-refractivity contribution < 1.29 is 9.15 Å². The van der Waals surface area contributed by atoms with Gasteiger partial charge >= 0.3 is 0 Å². The molecule has 0 saturated carbocycles. The van der Waals surface area contributed by atoms with Gasteiger partial charge in [0.25, 0.3) is 6.71 Å². The van der Waals surface area contributed by atoms with Crippen LogP contribution in [0, 0.1) is 34.0 Å². The van der Waals surface area contributed by atoms with Crippen LogP contribution in [-0.4, -0.2) is 30.3 Å². The standard InChI is InChI=1S/C61H83BN2O2/c1-21-51(56-40(6)45-24-22-23-25-53(45)66-56)64-41(7)49(30-38(4)57(8,9)10)62(55-33-42-32-47-48(35-54(42)65-55)61(19,20)29-28-60(47,17)18)50(52(64)31-39(5)58(11,12)13)36-63-43-26-27-44(37(2)3)46(34-43)59(14,15)16/h21-27,30-35,37,44,46,51,56,63H,1,6,28-29,36H2,2-5,7-20H3/b38-30+,39-31+. The summed E-state index contributed by atoms with van der Waals surface area (Å²) in [5.74, 6) is 2.27. The SMILES string of the molecule is C=CC(C1Oc2ccccc2C1=C)N1C(C)=C(/C=C(\C)C(C)(C)C)B(c2cc3cc4c(cc3o2)C(C)(C)CCC4(C)C)C(CNC2=CC(C(C)(C)C)C(C(C)C)C=C2)=C1/C=C(\C)C(C)(C)C. The molecule has 0 spiro atoms. The molecule has 3 heterocycles. The van der Waals surface area contributed by atoms with Crippen molar-refractivity contribution in [3.05, 3.63) is 148 Å². The summed E-state index contributed by atoms with van der Waals surface area (Å²) in [6.45, 7) is 51.9. The molecular weight excluding hydrogens is 803 g/mol. The Balaban J connectivity index is 1.53. The molecule has 0 bridgehead atoms. The highest BCUT2D eigenvalue weighted by Gasteiger charge is 2.45. The zero-order chi connectivity index (χ0) is 48.6. The lowest BCUT2D eigenvalue weighted by atomic mass is 9.35. The van der Waals surface area contributed by atoms with Crippen molar-refractivity contribution in [2.75, 3.05) is 6.54 Å². The van der Waals surface area contributed by atoms with E-state index in [0.29, 0.717) is 24.3 Å². The molecule has 4 atom stereocenters. The lowest BCUT2D eigenvalue weighted by Crippen LogP contribution is -2.50. The molecule has 1 N–H and O–H groups in total. The maximum absolute atomic E-state index is 7.35. The number of benzene rings is 2. The van der Waals surface area contributed by atoms with E-state index in [1.807, 2.05) is 6.07 Å². The van der Waals surface area contributed by atoms with Crippen LogP contribution in [-0.2, 0) is 10.8 Å². The first-order chi connectivity index (χ1) is 30.5. The van der Waals surface area contributed by atoms with Gasteiger partial charge in [0.2, 0.25) is 0 Å². The van der Waals surface area contributed by atoms with Crippen molar-refractivity contribution in [2.24, 2.45) is 34.0 Å². The van der Waals surface area contributed by atoms with Gasteiger partial charge in [0.05, 0.1) is 11.7 Å². The average Bonchev–Trinajstić information content (AvgIpc) is 3.79. The van der Waals surface area contributed by atoms with Crippen LogP contribution in [0.3, 0.4) is 0 Å². The van der Waals surface area contributed by atoms with Gasteiger partial charge < -0.3 is 19.4 Å². The molecule has 0 fully saturated rings. The van der Waals surface area contributed by atoms with E-state index in [2.05, 4.69) is 214 Å². The summed E-state index contributed by atoms with van der Waals surface area (Å²) in [5, 5.41) is 5.25. The van der Waals surface area contributed by atoms with Crippen LogP contribution in [0.5, 0.6) is 5.75 Å². The minimum Gasteiger partial charge on any atom is -0.483 e. The number of para-hydroxylation sites is 1. The zero-order valence-electron chi connectivity index (χ0n) is 44.3. The van der Waals surface area contributed by atoms with Crippen LogP contribution in [0.15, 0.2) is 136 Å². The third-order valence-electron chi connectivity index (χ3n) is 16.1. The largest absolute Gasteiger partial charge is 0.483 e. The second-order valence-electron chi connectivity index (χ2n) is 25.1. The Morgan fingerprint density at radius 2 is 1.50 bits per heavy atom. The first-order valence-electron chi connectivity index (χ1n) is 25.0. The number of nitrogens with zero attached hydrogens (tertiary/aromatic N) is 1. The van der Waals surface area contributed by atoms with E-state index in [1.165, 1.54) is 44.3 Å². The second-order valence-corrected chi connectivity index (χ2v) is 25.1. The Hall–Kier alpha value is -4.64. The van der Waals surface area contributed by atoms with Gasteiger partial charge in [0, 0.05) is 34.6 Å². The van der Waals surface area contributed by atoms with Crippen LogP contribution in [0.1, 0.15) is 154 Å². The van der Waals surface area contributed by atoms with Crippen LogP contribution >= 0.6 is 0 Å². The van der Waals surface area contributed by atoms with Crippen molar-refractivity contribution in [3.8, 4) is 5.75 Å². The fourth-order valence-corrected chi connectivity index (χ4v) is 10.7. The molecule has 1 aromatic heterocycles. The lowest BCUT2D eigenvalue weighted by Gasteiger charge is -2.44. The number of rotatable bonds is 10. The first kappa shape index (κ1) is 49.3. The normalized spacial score (nSPS) is 23.0. The van der Waals surface area contributed by atoms with Gasteiger partial charge in [-0.15, -0.1) is 6.58 Å². The lowest BCUT2D eigenvalue weighted by molar-refractivity contribution is 0.187. The van der Waals surface area contributed by atoms with Crippen molar-refractivity contribution in [3.63, 3.8) is 0 Å². The number of allylic oxidation sites excluding steroid dienone is 9. The third-order valence-corrected chi connectivity index (χ3v) is 16.1. The number of hydrogen-bond acceptors (Lipinski definition) is 4. The highest BCUT2D eigenvalue weighted by Crippen LogP contribution is 2.49. The molecule has 4 unspecified atom stereocenters. The Kier molecular flexibility index (Phi) is 13.0. The van der Waals surface area contributed by atoms with Crippen molar-refractivity contribution in [2.45, 2.75) is 160 Å². The van der Waals surface area contributed by atoms with E-state index < -0.39 is 0 Å². The predicted molar refractivity (Wildman–Crippen MR) is 285 cm³/mol. The fraction of sp³-hybridized carbons (Fsp3) is 0.508. The molecule has 2 aliphatic carbocycles. The van der Waals surface area contributed by atoms with Gasteiger partial charge in [-0.3, -0.25) is 0 Å². The minimum absolute atomic E-state index is 0.0627. The van der Waals surface area contributed by atoms with Gasteiger partial charge in [0.15, 0.2) is 0 Å². The van der Waals surface area contributed by atoms with Crippen LogP contribution in [0.2, 0.25) is 0 Å². The third kappa shape index (κ3) is 9.31. The summed E-state index contributed by atoms with van der Waals surface area (Å²) < 4.78 is 14.3. The molecular formula is C61H83BN2O2. The molecule has 3 aromatic rings. The molecule has 352 valence electrons. The maximum Gasteiger partial charge on any atom is 0.289 e. The van der Waals surface area contributed by atoms with Crippen molar-refractivity contribution >= 4 is 28.9 Å². The molecule has 2 aromatic carbocycles. The highest BCUT2D eigenvalue weighted by atomic mass is 16.5. The molecule has 0 radical (unpaired) electrons.